The fourth-order valence-corrected chi connectivity index (χ4v) is 6.66. The van der Waals surface area contributed by atoms with Gasteiger partial charge in [0.25, 0.3) is 0 Å². The highest BCUT2D eigenvalue weighted by atomic mass is 16.5. The van der Waals surface area contributed by atoms with Gasteiger partial charge in [0.1, 0.15) is 23.7 Å². The number of hydrogen-bond acceptors (Lipinski definition) is 6. The topological polar surface area (TPSA) is 157 Å². The van der Waals surface area contributed by atoms with Crippen LogP contribution in [0.3, 0.4) is 0 Å². The SMILES string of the molecule is O=C(CCCCC[C@@H]1NC(=O)[C@H]2CCCCN2C(=O)[C@H](Cc2ccccc2)NC(=O)C2(CCCCCCC2)NC1=O)NO. The molecular weight excluding hydrogens is 550 g/mol. The Morgan fingerprint density at radius 3 is 2.30 bits per heavy atom. The van der Waals surface area contributed by atoms with Crippen molar-refractivity contribution >= 4 is 29.5 Å². The normalized spacial score (nSPS) is 25.1. The molecule has 1 aromatic rings. The second-order valence-corrected chi connectivity index (χ2v) is 12.3. The van der Waals surface area contributed by atoms with Crippen LogP contribution in [-0.4, -0.2) is 69.9 Å². The Balaban J connectivity index is 1.64. The van der Waals surface area contributed by atoms with E-state index in [1.54, 1.807) is 10.4 Å². The van der Waals surface area contributed by atoms with Crippen molar-refractivity contribution in [3.8, 4) is 0 Å². The molecule has 236 valence electrons. The Hall–Kier alpha value is -3.47. The Morgan fingerprint density at radius 2 is 1.58 bits per heavy atom. The smallest absolute Gasteiger partial charge is 0.246 e. The Bertz CT molecular complexity index is 1120. The number of hydrogen-bond donors (Lipinski definition) is 5. The van der Waals surface area contributed by atoms with E-state index in [-0.39, 0.29) is 30.6 Å². The van der Waals surface area contributed by atoms with Crippen LogP contribution in [0.5, 0.6) is 0 Å². The van der Waals surface area contributed by atoms with Crippen LogP contribution in [0, 0.1) is 0 Å². The van der Waals surface area contributed by atoms with E-state index in [1.807, 2.05) is 30.3 Å². The highest BCUT2D eigenvalue weighted by molar-refractivity contribution is 5.99. The molecule has 5 amide bonds. The lowest BCUT2D eigenvalue weighted by atomic mass is 9.82. The van der Waals surface area contributed by atoms with Gasteiger partial charge < -0.3 is 20.9 Å². The van der Waals surface area contributed by atoms with E-state index < -0.39 is 35.5 Å². The van der Waals surface area contributed by atoms with Gasteiger partial charge in [0.2, 0.25) is 29.5 Å². The van der Waals surface area contributed by atoms with Gasteiger partial charge >= 0.3 is 0 Å². The van der Waals surface area contributed by atoms with Crippen molar-refractivity contribution < 1.29 is 29.2 Å². The summed E-state index contributed by atoms with van der Waals surface area (Å²) in [6, 6.07) is 7.06. The number of rotatable bonds is 8. The van der Waals surface area contributed by atoms with Crippen LogP contribution in [0.4, 0.5) is 0 Å². The van der Waals surface area contributed by atoms with Crippen molar-refractivity contribution in [1.82, 2.24) is 26.3 Å². The molecule has 3 fully saturated rings. The molecule has 2 aliphatic heterocycles. The quantitative estimate of drug-likeness (QED) is 0.176. The van der Waals surface area contributed by atoms with E-state index in [2.05, 4.69) is 16.0 Å². The number of carbonyl (C=O) groups excluding carboxylic acids is 5. The number of nitrogens with zero attached hydrogens (tertiary/aromatic N) is 1. The zero-order chi connectivity index (χ0) is 30.7. The molecular formula is C32H47N5O6. The summed E-state index contributed by atoms with van der Waals surface area (Å²) < 4.78 is 0. The first-order chi connectivity index (χ1) is 20.8. The molecule has 11 nitrogen and oxygen atoms in total. The molecule has 1 saturated carbocycles. The van der Waals surface area contributed by atoms with Crippen LogP contribution < -0.4 is 21.4 Å². The largest absolute Gasteiger partial charge is 0.343 e. The Morgan fingerprint density at radius 1 is 0.860 bits per heavy atom. The lowest BCUT2D eigenvalue weighted by molar-refractivity contribution is -0.148. The summed E-state index contributed by atoms with van der Waals surface area (Å²) in [6.07, 6.45) is 9.93. The van der Waals surface area contributed by atoms with Gasteiger partial charge in [0.15, 0.2) is 0 Å². The molecule has 2 heterocycles. The maximum atomic E-state index is 14.2. The highest BCUT2D eigenvalue weighted by Gasteiger charge is 2.45. The minimum atomic E-state index is -1.19. The average molecular weight is 598 g/mol. The summed E-state index contributed by atoms with van der Waals surface area (Å²) in [5.41, 5.74) is 1.34. The Labute approximate surface area is 253 Å². The van der Waals surface area contributed by atoms with Gasteiger partial charge in [-0.05, 0) is 50.5 Å². The van der Waals surface area contributed by atoms with Crippen LogP contribution in [0.1, 0.15) is 102 Å². The van der Waals surface area contributed by atoms with E-state index >= 15 is 0 Å². The van der Waals surface area contributed by atoms with Gasteiger partial charge in [-0.2, -0.15) is 0 Å². The minimum Gasteiger partial charge on any atom is -0.343 e. The fourth-order valence-electron chi connectivity index (χ4n) is 6.66. The summed E-state index contributed by atoms with van der Waals surface area (Å²) in [4.78, 5) is 69.0. The van der Waals surface area contributed by atoms with E-state index in [4.69, 9.17) is 5.21 Å². The second-order valence-electron chi connectivity index (χ2n) is 12.3. The van der Waals surface area contributed by atoms with Gasteiger partial charge in [-0.3, -0.25) is 29.2 Å². The molecule has 1 aromatic carbocycles. The molecule has 5 N–H and O–H groups in total. The van der Waals surface area contributed by atoms with E-state index in [1.165, 1.54) is 0 Å². The number of fused-ring (bicyclic) bond motifs is 1. The summed E-state index contributed by atoms with van der Waals surface area (Å²) >= 11 is 0. The van der Waals surface area contributed by atoms with E-state index in [0.29, 0.717) is 51.5 Å². The summed E-state index contributed by atoms with van der Waals surface area (Å²) in [6.45, 7) is 0.410. The number of hydroxylamine groups is 1. The Kier molecular flexibility index (Phi) is 12.0. The van der Waals surface area contributed by atoms with E-state index in [9.17, 15) is 24.0 Å². The van der Waals surface area contributed by atoms with Gasteiger partial charge in [-0.25, -0.2) is 5.48 Å². The zero-order valence-corrected chi connectivity index (χ0v) is 25.1. The predicted octanol–water partition coefficient (Wildman–Crippen LogP) is 2.65. The van der Waals surface area contributed by atoms with Crippen LogP contribution in [-0.2, 0) is 30.4 Å². The molecule has 3 atom stereocenters. The number of amides is 5. The monoisotopic (exact) mass is 597 g/mol. The summed E-state index contributed by atoms with van der Waals surface area (Å²) in [7, 11) is 0. The first kappa shape index (κ1) is 32.4. The van der Waals surface area contributed by atoms with Crippen molar-refractivity contribution in [2.45, 2.75) is 126 Å². The number of piperidine rings is 1. The van der Waals surface area contributed by atoms with Crippen molar-refractivity contribution in [3.63, 3.8) is 0 Å². The fraction of sp³-hybridized carbons (Fsp3) is 0.656. The molecule has 0 aromatic heterocycles. The third-order valence-electron chi connectivity index (χ3n) is 9.13. The number of nitrogens with one attached hydrogen (secondary N) is 4. The van der Waals surface area contributed by atoms with Crippen LogP contribution >= 0.6 is 0 Å². The molecule has 2 saturated heterocycles. The van der Waals surface area contributed by atoms with Crippen molar-refractivity contribution in [2.24, 2.45) is 0 Å². The van der Waals surface area contributed by atoms with Gasteiger partial charge in [0.05, 0.1) is 0 Å². The molecule has 3 aliphatic rings. The zero-order valence-electron chi connectivity index (χ0n) is 25.1. The molecule has 11 heteroatoms. The first-order valence-electron chi connectivity index (χ1n) is 16.0. The number of carbonyl (C=O) groups is 5. The molecule has 0 unspecified atom stereocenters. The number of unbranched alkanes of at least 4 members (excludes halogenated alkanes) is 2. The molecule has 0 radical (unpaired) electrons. The third kappa shape index (κ3) is 8.78. The van der Waals surface area contributed by atoms with Crippen LogP contribution in [0.25, 0.3) is 0 Å². The average Bonchev–Trinajstić information content (AvgIpc) is 3.00. The predicted molar refractivity (Wildman–Crippen MR) is 160 cm³/mol. The molecule has 43 heavy (non-hydrogen) atoms. The van der Waals surface area contributed by atoms with Crippen molar-refractivity contribution in [2.75, 3.05) is 6.54 Å². The third-order valence-corrected chi connectivity index (χ3v) is 9.13. The lowest BCUT2D eigenvalue weighted by Gasteiger charge is -2.41. The van der Waals surface area contributed by atoms with Gasteiger partial charge in [0, 0.05) is 19.4 Å². The minimum absolute atomic E-state index is 0.159. The van der Waals surface area contributed by atoms with Crippen molar-refractivity contribution in [1.29, 1.82) is 0 Å². The lowest BCUT2D eigenvalue weighted by Crippen LogP contribution is -2.67. The summed E-state index contributed by atoms with van der Waals surface area (Å²) in [5, 5.41) is 17.8. The second kappa shape index (κ2) is 15.8. The van der Waals surface area contributed by atoms with E-state index in [0.717, 1.165) is 50.5 Å². The highest BCUT2D eigenvalue weighted by Crippen LogP contribution is 2.29. The van der Waals surface area contributed by atoms with Crippen LogP contribution in [0.15, 0.2) is 30.3 Å². The molecule has 1 aliphatic carbocycles. The van der Waals surface area contributed by atoms with Gasteiger partial charge in [-0.15, -0.1) is 0 Å². The molecule has 0 bridgehead atoms. The first-order valence-corrected chi connectivity index (χ1v) is 16.0. The number of benzene rings is 1. The maximum absolute atomic E-state index is 14.2. The standard InChI is InChI=1S/C32H47N5O6/c38-27(36-43)18-9-5-8-16-24-28(39)35-32(19-11-2-1-3-12-20-32)31(42)34-25(22-23-14-6-4-7-15-23)30(41)37-21-13-10-17-26(37)29(40)33-24/h4,6-7,14-15,24-26,43H,1-3,5,8-13,16-22H2,(H,33,40)(H,34,42)(H,35,39)(H,36,38)/t24-,25-,26+/m0/s1. The molecule has 4 rings (SSSR count). The van der Waals surface area contributed by atoms with Crippen molar-refractivity contribution in [3.05, 3.63) is 35.9 Å². The molecule has 1 spiro atoms. The maximum Gasteiger partial charge on any atom is 0.246 e. The van der Waals surface area contributed by atoms with Gasteiger partial charge in [-0.1, -0.05) is 75.3 Å². The summed E-state index contributed by atoms with van der Waals surface area (Å²) in [5.74, 6) is -1.84. The van der Waals surface area contributed by atoms with Crippen LogP contribution in [0.2, 0.25) is 0 Å².